The van der Waals surface area contributed by atoms with Crippen LogP contribution in [0.1, 0.15) is 43.9 Å². The minimum atomic E-state index is 0.104. The fourth-order valence-electron chi connectivity index (χ4n) is 2.58. The maximum Gasteiger partial charge on any atom is 0.138 e. The van der Waals surface area contributed by atoms with Crippen LogP contribution in [0.4, 0.5) is 0 Å². The van der Waals surface area contributed by atoms with E-state index in [0.29, 0.717) is 12.8 Å². The van der Waals surface area contributed by atoms with Gasteiger partial charge in [-0.05, 0) is 38.1 Å². The van der Waals surface area contributed by atoms with Gasteiger partial charge in [-0.1, -0.05) is 12.5 Å². The molecule has 98 valence electrons. The van der Waals surface area contributed by atoms with Crippen molar-refractivity contribution in [1.82, 2.24) is 4.90 Å². The Bertz CT molecular complexity index is 377. The van der Waals surface area contributed by atoms with Gasteiger partial charge >= 0.3 is 0 Å². The first-order valence-electron chi connectivity index (χ1n) is 6.71. The van der Waals surface area contributed by atoms with Gasteiger partial charge in [0.15, 0.2) is 0 Å². The fourth-order valence-corrected chi connectivity index (χ4v) is 2.58. The molecule has 0 aliphatic carbocycles. The monoisotopic (exact) mass is 247 g/mol. The summed E-state index contributed by atoms with van der Waals surface area (Å²) in [7, 11) is 0. The number of allylic oxidation sites excluding steroid dienone is 1. The summed E-state index contributed by atoms with van der Waals surface area (Å²) in [6.07, 6.45) is 8.06. The van der Waals surface area contributed by atoms with Crippen molar-refractivity contribution in [2.24, 2.45) is 0 Å². The van der Waals surface area contributed by atoms with Gasteiger partial charge in [-0.3, -0.25) is 9.69 Å². The molecule has 1 aliphatic heterocycles. The van der Waals surface area contributed by atoms with E-state index in [1.54, 1.807) is 12.3 Å². The van der Waals surface area contributed by atoms with Crippen LogP contribution in [0, 0.1) is 0 Å². The van der Waals surface area contributed by atoms with E-state index >= 15 is 0 Å². The zero-order valence-electron chi connectivity index (χ0n) is 10.8. The highest BCUT2D eigenvalue weighted by Crippen LogP contribution is 2.28. The van der Waals surface area contributed by atoms with Crippen LogP contribution in [0.2, 0.25) is 0 Å². The number of furan rings is 1. The standard InChI is InChI=1S/C15H21NO2/c1-2-7-13(17)12-14(15-8-6-11-18-15)16-9-4-3-5-10-16/h2,6,8,11,14H,1,3-5,7,9-10,12H2. The van der Waals surface area contributed by atoms with Crippen molar-refractivity contribution < 1.29 is 9.21 Å². The van der Waals surface area contributed by atoms with Gasteiger partial charge in [-0.15, -0.1) is 6.58 Å². The maximum atomic E-state index is 11.9. The second-order valence-corrected chi connectivity index (χ2v) is 4.86. The second-order valence-electron chi connectivity index (χ2n) is 4.86. The molecule has 0 N–H and O–H groups in total. The van der Waals surface area contributed by atoms with Gasteiger partial charge in [0.25, 0.3) is 0 Å². The van der Waals surface area contributed by atoms with Gasteiger partial charge in [-0.25, -0.2) is 0 Å². The number of carbonyl (C=O) groups excluding carboxylic acids is 1. The lowest BCUT2D eigenvalue weighted by Gasteiger charge is -2.33. The number of piperidine rings is 1. The quantitative estimate of drug-likeness (QED) is 0.723. The zero-order valence-corrected chi connectivity index (χ0v) is 10.8. The molecule has 3 nitrogen and oxygen atoms in total. The summed E-state index contributed by atoms with van der Waals surface area (Å²) in [4.78, 5) is 14.2. The molecule has 2 rings (SSSR count). The summed E-state index contributed by atoms with van der Waals surface area (Å²) in [5, 5.41) is 0. The summed E-state index contributed by atoms with van der Waals surface area (Å²) in [5.41, 5.74) is 0. The van der Waals surface area contributed by atoms with Gasteiger partial charge in [0.05, 0.1) is 12.3 Å². The van der Waals surface area contributed by atoms with Crippen LogP contribution < -0.4 is 0 Å². The minimum absolute atomic E-state index is 0.104. The van der Waals surface area contributed by atoms with Crippen LogP contribution >= 0.6 is 0 Å². The van der Waals surface area contributed by atoms with Crippen LogP contribution in [-0.4, -0.2) is 23.8 Å². The Kier molecular flexibility index (Phi) is 4.76. The predicted octanol–water partition coefficient (Wildman–Crippen LogP) is 3.34. The molecule has 0 aromatic carbocycles. The number of carbonyl (C=O) groups is 1. The number of ketones is 1. The van der Waals surface area contributed by atoms with Gasteiger partial charge in [0.1, 0.15) is 11.5 Å². The molecule has 3 heteroatoms. The number of hydrogen-bond acceptors (Lipinski definition) is 3. The molecule has 1 saturated heterocycles. The topological polar surface area (TPSA) is 33.5 Å². The van der Waals surface area contributed by atoms with Crippen molar-refractivity contribution in [2.45, 2.75) is 38.1 Å². The van der Waals surface area contributed by atoms with Crippen LogP contribution in [-0.2, 0) is 4.79 Å². The van der Waals surface area contributed by atoms with Crippen LogP contribution in [0.5, 0.6) is 0 Å². The van der Waals surface area contributed by atoms with Crippen molar-refractivity contribution in [3.8, 4) is 0 Å². The Morgan fingerprint density at radius 1 is 1.44 bits per heavy atom. The molecule has 0 spiro atoms. The third-order valence-corrected chi connectivity index (χ3v) is 3.50. The Labute approximate surface area is 108 Å². The van der Waals surface area contributed by atoms with E-state index in [2.05, 4.69) is 11.5 Å². The van der Waals surface area contributed by atoms with Crippen molar-refractivity contribution in [2.75, 3.05) is 13.1 Å². The summed E-state index contributed by atoms with van der Waals surface area (Å²) in [5.74, 6) is 1.14. The normalized spacial score (nSPS) is 18.4. The molecule has 1 aromatic rings. The number of hydrogen-bond donors (Lipinski definition) is 0. The number of Topliss-reactive ketones (excluding diaryl/α,β-unsaturated/α-hetero) is 1. The van der Waals surface area contributed by atoms with E-state index in [1.807, 2.05) is 12.1 Å². The van der Waals surface area contributed by atoms with E-state index in [1.165, 1.54) is 19.3 Å². The van der Waals surface area contributed by atoms with Gasteiger partial charge in [-0.2, -0.15) is 0 Å². The van der Waals surface area contributed by atoms with Crippen LogP contribution in [0.3, 0.4) is 0 Å². The van der Waals surface area contributed by atoms with Gasteiger partial charge in [0, 0.05) is 12.8 Å². The highest BCUT2D eigenvalue weighted by atomic mass is 16.3. The molecule has 0 radical (unpaired) electrons. The zero-order chi connectivity index (χ0) is 12.8. The largest absolute Gasteiger partial charge is 0.468 e. The average molecular weight is 247 g/mol. The lowest BCUT2D eigenvalue weighted by Crippen LogP contribution is -2.34. The molecule has 0 saturated carbocycles. The van der Waals surface area contributed by atoms with E-state index in [9.17, 15) is 4.79 Å². The lowest BCUT2D eigenvalue weighted by molar-refractivity contribution is -0.119. The number of nitrogens with zero attached hydrogens (tertiary/aromatic N) is 1. The fraction of sp³-hybridized carbons (Fsp3) is 0.533. The first-order valence-corrected chi connectivity index (χ1v) is 6.71. The molecule has 0 amide bonds. The molecule has 0 bridgehead atoms. The molecule has 1 atom stereocenters. The van der Waals surface area contributed by atoms with Crippen LogP contribution in [0.25, 0.3) is 0 Å². The summed E-state index contributed by atoms with van der Waals surface area (Å²) in [6, 6.07) is 3.97. The summed E-state index contributed by atoms with van der Waals surface area (Å²) in [6.45, 7) is 5.75. The molecule has 18 heavy (non-hydrogen) atoms. The number of rotatable bonds is 6. The third kappa shape index (κ3) is 3.33. The van der Waals surface area contributed by atoms with Gasteiger partial charge < -0.3 is 4.42 Å². The van der Waals surface area contributed by atoms with E-state index in [0.717, 1.165) is 18.8 Å². The Hall–Kier alpha value is -1.35. The number of likely N-dealkylation sites (tertiary alicyclic amines) is 1. The molecule has 2 heterocycles. The van der Waals surface area contributed by atoms with E-state index < -0.39 is 0 Å². The second kappa shape index (κ2) is 6.55. The van der Waals surface area contributed by atoms with Crippen molar-refractivity contribution in [1.29, 1.82) is 0 Å². The van der Waals surface area contributed by atoms with Crippen molar-refractivity contribution in [3.05, 3.63) is 36.8 Å². The Morgan fingerprint density at radius 2 is 2.22 bits per heavy atom. The first kappa shape index (κ1) is 13.1. The van der Waals surface area contributed by atoms with Crippen molar-refractivity contribution >= 4 is 5.78 Å². The Morgan fingerprint density at radius 3 is 2.83 bits per heavy atom. The highest BCUT2D eigenvalue weighted by Gasteiger charge is 2.26. The average Bonchev–Trinajstić information content (AvgIpc) is 2.91. The maximum absolute atomic E-state index is 11.9. The molecule has 1 aromatic heterocycles. The smallest absolute Gasteiger partial charge is 0.138 e. The molecule has 1 aliphatic rings. The van der Waals surface area contributed by atoms with Crippen LogP contribution in [0.15, 0.2) is 35.5 Å². The predicted molar refractivity (Wildman–Crippen MR) is 71.3 cm³/mol. The first-order chi connectivity index (χ1) is 8.81. The summed E-state index contributed by atoms with van der Waals surface area (Å²) >= 11 is 0. The Balaban J connectivity index is 2.07. The summed E-state index contributed by atoms with van der Waals surface area (Å²) < 4.78 is 5.51. The molecular weight excluding hydrogens is 226 g/mol. The van der Waals surface area contributed by atoms with Crippen molar-refractivity contribution in [3.63, 3.8) is 0 Å². The SMILES string of the molecule is C=CCC(=O)CC(c1ccco1)N1CCCCC1. The van der Waals surface area contributed by atoms with E-state index in [4.69, 9.17) is 4.42 Å². The molecule has 1 fully saturated rings. The minimum Gasteiger partial charge on any atom is -0.468 e. The lowest BCUT2D eigenvalue weighted by atomic mass is 10.0. The van der Waals surface area contributed by atoms with Gasteiger partial charge in [0.2, 0.25) is 0 Å². The molecule has 1 unspecified atom stereocenters. The highest BCUT2D eigenvalue weighted by molar-refractivity contribution is 5.80. The molecular formula is C15H21NO2. The van der Waals surface area contributed by atoms with E-state index in [-0.39, 0.29) is 11.8 Å². The third-order valence-electron chi connectivity index (χ3n) is 3.50.